The first-order chi connectivity index (χ1) is 10.3. The van der Waals surface area contributed by atoms with Crippen molar-refractivity contribution in [2.24, 2.45) is 0 Å². The number of carbonyl (C=O) groups is 1. The van der Waals surface area contributed by atoms with E-state index in [1.807, 2.05) is 54.6 Å². The highest BCUT2D eigenvalue weighted by molar-refractivity contribution is 5.84. The summed E-state index contributed by atoms with van der Waals surface area (Å²) in [4.78, 5) is 21.1. The molecular weight excluding hydrogens is 268 g/mol. The summed E-state index contributed by atoms with van der Waals surface area (Å²) in [5.41, 5.74) is 7.57. The minimum absolute atomic E-state index is 0.305. The molecule has 2 aromatic carbocycles. The number of hydroxylamine groups is 1. The number of hydrogen-bond donors (Lipinski definition) is 2. The van der Waals surface area contributed by atoms with Crippen LogP contribution in [0.15, 0.2) is 60.9 Å². The van der Waals surface area contributed by atoms with Gasteiger partial charge < -0.3 is 0 Å². The van der Waals surface area contributed by atoms with E-state index in [9.17, 15) is 4.79 Å². The van der Waals surface area contributed by atoms with Gasteiger partial charge in [-0.15, -0.1) is 0 Å². The number of fused-ring (bicyclic) bond motifs is 1. The molecule has 21 heavy (non-hydrogen) atoms. The minimum atomic E-state index is -0.464. The van der Waals surface area contributed by atoms with Crippen molar-refractivity contribution >= 4 is 17.1 Å². The maximum Gasteiger partial charge on any atom is 0.357 e. The lowest BCUT2D eigenvalue weighted by Crippen LogP contribution is -2.33. The number of aromatic nitrogens is 2. The van der Waals surface area contributed by atoms with Gasteiger partial charge in [0.1, 0.15) is 6.33 Å². The molecule has 0 aliphatic rings. The number of rotatable bonds is 4. The molecule has 3 aromatic rings. The summed E-state index contributed by atoms with van der Waals surface area (Å²) >= 11 is 0. The third-order valence-electron chi connectivity index (χ3n) is 2.92. The molecule has 0 spiro atoms. The molecule has 1 aromatic heterocycles. The number of nitrogens with one attached hydrogen (secondary N) is 2. The molecule has 0 saturated heterocycles. The van der Waals surface area contributed by atoms with Gasteiger partial charge in [-0.2, -0.15) is 0 Å². The molecule has 106 valence electrons. The van der Waals surface area contributed by atoms with Crippen LogP contribution < -0.4 is 10.9 Å². The van der Waals surface area contributed by atoms with Crippen molar-refractivity contribution in [3.05, 3.63) is 66.5 Å². The zero-order valence-corrected chi connectivity index (χ0v) is 11.2. The fraction of sp³-hybridized carbons (Fsp3) is 0.0667. The number of hydrogen-bond acceptors (Lipinski definition) is 3. The standard InChI is InChI=1S/C15H14N4O2/c20-15(18-21-10-12-6-2-1-3-7-12)17-19-11-16-13-8-4-5-9-14(13)19/h1-9,11H,10H2,(H2,17,18,20). The molecule has 3 rings (SSSR count). The zero-order chi connectivity index (χ0) is 14.5. The van der Waals surface area contributed by atoms with Gasteiger partial charge >= 0.3 is 6.03 Å². The zero-order valence-electron chi connectivity index (χ0n) is 11.2. The molecule has 0 aliphatic carbocycles. The van der Waals surface area contributed by atoms with Gasteiger partial charge in [0.05, 0.1) is 17.6 Å². The number of carbonyl (C=O) groups excluding carboxylic acids is 1. The van der Waals surface area contributed by atoms with Crippen molar-refractivity contribution in [3.63, 3.8) is 0 Å². The Kier molecular flexibility index (Phi) is 3.79. The van der Waals surface area contributed by atoms with Gasteiger partial charge in [0.25, 0.3) is 0 Å². The van der Waals surface area contributed by atoms with Crippen LogP contribution in [0.25, 0.3) is 11.0 Å². The lowest BCUT2D eigenvalue weighted by Gasteiger charge is -2.09. The van der Waals surface area contributed by atoms with Crippen LogP contribution in [0.5, 0.6) is 0 Å². The first kappa shape index (κ1) is 13.1. The summed E-state index contributed by atoms with van der Waals surface area (Å²) in [6.45, 7) is 0.305. The van der Waals surface area contributed by atoms with Crippen LogP contribution >= 0.6 is 0 Å². The number of para-hydroxylation sites is 2. The Balaban J connectivity index is 1.55. The van der Waals surface area contributed by atoms with E-state index in [0.717, 1.165) is 16.6 Å². The molecule has 0 atom stereocenters. The van der Waals surface area contributed by atoms with E-state index in [-0.39, 0.29) is 0 Å². The third kappa shape index (κ3) is 3.18. The average Bonchev–Trinajstić information content (AvgIpc) is 2.92. The molecule has 2 N–H and O–H groups in total. The topological polar surface area (TPSA) is 68.2 Å². The molecule has 2 amide bonds. The van der Waals surface area contributed by atoms with E-state index in [2.05, 4.69) is 15.9 Å². The van der Waals surface area contributed by atoms with E-state index in [1.54, 1.807) is 6.33 Å². The Morgan fingerprint density at radius 3 is 2.71 bits per heavy atom. The molecular formula is C15H14N4O2. The van der Waals surface area contributed by atoms with Gasteiger partial charge in [-0.1, -0.05) is 42.5 Å². The number of amides is 2. The number of urea groups is 1. The second-order valence-electron chi connectivity index (χ2n) is 4.42. The van der Waals surface area contributed by atoms with E-state index in [1.165, 1.54) is 4.68 Å². The van der Waals surface area contributed by atoms with Gasteiger partial charge in [0.2, 0.25) is 0 Å². The molecule has 0 radical (unpaired) electrons. The van der Waals surface area contributed by atoms with Crippen LogP contribution in [-0.4, -0.2) is 15.7 Å². The van der Waals surface area contributed by atoms with Crippen LogP contribution in [0, 0.1) is 0 Å². The monoisotopic (exact) mass is 282 g/mol. The lowest BCUT2D eigenvalue weighted by atomic mass is 10.2. The summed E-state index contributed by atoms with van der Waals surface area (Å²) in [6, 6.07) is 16.6. The number of benzene rings is 2. The molecule has 0 aliphatic heterocycles. The predicted octanol–water partition coefficient (Wildman–Crippen LogP) is 2.42. The Morgan fingerprint density at radius 2 is 1.86 bits per heavy atom. The fourth-order valence-electron chi connectivity index (χ4n) is 1.94. The van der Waals surface area contributed by atoms with Gasteiger partial charge in [-0.3, -0.25) is 4.84 Å². The largest absolute Gasteiger partial charge is 0.357 e. The van der Waals surface area contributed by atoms with Crippen molar-refractivity contribution in [2.45, 2.75) is 6.61 Å². The van der Waals surface area contributed by atoms with E-state index < -0.39 is 6.03 Å². The maximum atomic E-state index is 11.7. The van der Waals surface area contributed by atoms with Gasteiger partial charge in [-0.05, 0) is 17.7 Å². The van der Waals surface area contributed by atoms with Gasteiger partial charge in [0.15, 0.2) is 0 Å². The van der Waals surface area contributed by atoms with Crippen molar-refractivity contribution in [1.29, 1.82) is 0 Å². The summed E-state index contributed by atoms with van der Waals surface area (Å²) in [5, 5.41) is 0. The molecule has 0 bridgehead atoms. The normalized spacial score (nSPS) is 10.5. The molecule has 6 nitrogen and oxygen atoms in total. The predicted molar refractivity (Wildman–Crippen MR) is 78.9 cm³/mol. The lowest BCUT2D eigenvalue weighted by molar-refractivity contribution is 0.0527. The van der Waals surface area contributed by atoms with Gasteiger partial charge in [-0.25, -0.2) is 25.4 Å². The number of imidazole rings is 1. The Morgan fingerprint density at radius 1 is 1.10 bits per heavy atom. The average molecular weight is 282 g/mol. The van der Waals surface area contributed by atoms with Crippen molar-refractivity contribution < 1.29 is 9.63 Å². The third-order valence-corrected chi connectivity index (χ3v) is 2.92. The van der Waals surface area contributed by atoms with Crippen molar-refractivity contribution in [3.8, 4) is 0 Å². The van der Waals surface area contributed by atoms with Crippen LogP contribution in [0.3, 0.4) is 0 Å². The quantitative estimate of drug-likeness (QED) is 0.722. The molecule has 0 unspecified atom stereocenters. The highest BCUT2D eigenvalue weighted by Gasteiger charge is 2.05. The van der Waals surface area contributed by atoms with Crippen molar-refractivity contribution in [2.75, 3.05) is 5.43 Å². The van der Waals surface area contributed by atoms with Crippen LogP contribution in [-0.2, 0) is 11.4 Å². The minimum Gasteiger partial charge on any atom is -0.267 e. The van der Waals surface area contributed by atoms with Crippen LogP contribution in [0.1, 0.15) is 5.56 Å². The highest BCUT2D eigenvalue weighted by atomic mass is 16.7. The van der Waals surface area contributed by atoms with Crippen LogP contribution in [0.4, 0.5) is 4.79 Å². The Labute approximate surface area is 121 Å². The van der Waals surface area contributed by atoms with Crippen molar-refractivity contribution in [1.82, 2.24) is 15.1 Å². The maximum absolute atomic E-state index is 11.7. The molecule has 6 heteroatoms. The summed E-state index contributed by atoms with van der Waals surface area (Å²) < 4.78 is 1.54. The van der Waals surface area contributed by atoms with Crippen LogP contribution in [0.2, 0.25) is 0 Å². The summed E-state index contributed by atoms with van der Waals surface area (Å²) in [6.07, 6.45) is 1.54. The molecule has 0 saturated carbocycles. The Bertz CT molecular complexity index is 740. The smallest absolute Gasteiger partial charge is 0.267 e. The summed E-state index contributed by atoms with van der Waals surface area (Å²) in [5.74, 6) is 0. The molecule has 0 fully saturated rings. The fourth-order valence-corrected chi connectivity index (χ4v) is 1.94. The van der Waals surface area contributed by atoms with Gasteiger partial charge in [0, 0.05) is 0 Å². The SMILES string of the molecule is O=C(NOCc1ccccc1)Nn1cnc2ccccc21. The van der Waals surface area contributed by atoms with E-state index >= 15 is 0 Å². The Hall–Kier alpha value is -2.86. The number of nitrogens with zero attached hydrogens (tertiary/aromatic N) is 2. The summed E-state index contributed by atoms with van der Waals surface area (Å²) in [7, 11) is 0. The second-order valence-corrected chi connectivity index (χ2v) is 4.42. The van der Waals surface area contributed by atoms with E-state index in [4.69, 9.17) is 4.84 Å². The second kappa shape index (κ2) is 6.06. The first-order valence-corrected chi connectivity index (χ1v) is 6.48. The highest BCUT2D eigenvalue weighted by Crippen LogP contribution is 2.09. The van der Waals surface area contributed by atoms with E-state index in [0.29, 0.717) is 6.61 Å². The molecule has 1 heterocycles. The first-order valence-electron chi connectivity index (χ1n) is 6.48.